The van der Waals surface area contributed by atoms with Crippen LogP contribution in [0.1, 0.15) is 47.2 Å². The number of anilines is 1. The largest absolute Gasteiger partial charge is 0.443 e. The van der Waals surface area contributed by atoms with E-state index in [9.17, 15) is 9.59 Å². The van der Waals surface area contributed by atoms with Gasteiger partial charge in [-0.2, -0.15) is 4.90 Å². The van der Waals surface area contributed by atoms with Crippen molar-refractivity contribution < 1.29 is 19.1 Å². The van der Waals surface area contributed by atoms with Crippen molar-refractivity contribution in [1.29, 1.82) is 0 Å². The van der Waals surface area contributed by atoms with Crippen LogP contribution in [0, 0.1) is 11.5 Å². The molecule has 0 bridgehead atoms. The van der Waals surface area contributed by atoms with Crippen molar-refractivity contribution in [2.24, 2.45) is 0 Å². The van der Waals surface area contributed by atoms with Crippen molar-refractivity contribution >= 4 is 37.5 Å². The van der Waals surface area contributed by atoms with Gasteiger partial charge in [0.05, 0.1) is 10.7 Å². The maximum absolute atomic E-state index is 12.8. The summed E-state index contributed by atoms with van der Waals surface area (Å²) < 4.78 is 10.8. The fourth-order valence-corrected chi connectivity index (χ4v) is 2.50. The summed E-state index contributed by atoms with van der Waals surface area (Å²) in [6.45, 7) is 16.5. The number of ether oxygens (including phenoxy) is 2. The predicted octanol–water partition coefficient (Wildman–Crippen LogP) is 5.64. The van der Waals surface area contributed by atoms with E-state index in [2.05, 4.69) is 36.1 Å². The molecule has 0 fully saturated rings. The molecule has 6 nitrogen and oxygen atoms in total. The monoisotopic (exact) mass is 424 g/mol. The molecule has 0 aliphatic rings. The Hall–Kier alpha value is -2.04. The third-order valence-electron chi connectivity index (χ3n) is 2.79. The Labute approximate surface area is 173 Å². The summed E-state index contributed by atoms with van der Waals surface area (Å²) in [5.74, 6) is 2.99. The summed E-state index contributed by atoms with van der Waals surface area (Å²) in [5.41, 5.74) is 2.09. The lowest BCUT2D eigenvalue weighted by atomic mass is 10.2. The number of carbonyl (C=O) groups excluding carboxylic acids is 2. The van der Waals surface area contributed by atoms with E-state index in [0.29, 0.717) is 5.69 Å². The van der Waals surface area contributed by atoms with Crippen molar-refractivity contribution in [2.75, 3.05) is 4.90 Å². The van der Waals surface area contributed by atoms with Gasteiger partial charge in [-0.3, -0.25) is 0 Å². The van der Waals surface area contributed by atoms with Gasteiger partial charge in [-0.05, 0) is 47.6 Å². The number of halogens is 1. The first kappa shape index (κ1) is 24.0. The van der Waals surface area contributed by atoms with Gasteiger partial charge in [-0.15, -0.1) is 5.54 Å². The SMILES string of the molecule is CC(C)(C)OC(=O)N(C(=O)OC(C)(C)C)c1cc(C#C[Si](C)(C)C)ncc1Cl. The van der Waals surface area contributed by atoms with Gasteiger partial charge >= 0.3 is 12.2 Å². The maximum Gasteiger partial charge on any atom is 0.424 e. The number of pyridine rings is 1. The van der Waals surface area contributed by atoms with Gasteiger partial charge in [-0.25, -0.2) is 14.6 Å². The molecule has 0 radical (unpaired) electrons. The molecule has 1 rings (SSSR count). The molecule has 0 atom stereocenters. The second kappa shape index (κ2) is 8.54. The van der Waals surface area contributed by atoms with Gasteiger partial charge < -0.3 is 9.47 Å². The number of hydrogen-bond donors (Lipinski definition) is 0. The molecule has 2 amide bonds. The molecule has 0 spiro atoms. The van der Waals surface area contributed by atoms with Gasteiger partial charge in [0.1, 0.15) is 25.0 Å². The van der Waals surface area contributed by atoms with Gasteiger partial charge in [0.25, 0.3) is 0 Å². The normalized spacial score (nSPS) is 11.9. The third-order valence-corrected chi connectivity index (χ3v) is 3.96. The molecule has 1 heterocycles. The molecule has 0 saturated carbocycles. The van der Waals surface area contributed by atoms with E-state index in [0.717, 1.165) is 4.90 Å². The van der Waals surface area contributed by atoms with Crippen LogP contribution in [0.15, 0.2) is 12.3 Å². The number of carbonyl (C=O) groups is 2. The van der Waals surface area contributed by atoms with Crippen LogP contribution in [0.2, 0.25) is 24.7 Å². The number of nitrogens with zero attached hydrogens (tertiary/aromatic N) is 2. The second-order valence-corrected chi connectivity index (χ2v) is 14.5. The summed E-state index contributed by atoms with van der Waals surface area (Å²) in [7, 11) is -1.64. The van der Waals surface area contributed by atoms with E-state index in [1.807, 2.05) is 0 Å². The van der Waals surface area contributed by atoms with Gasteiger partial charge in [0.15, 0.2) is 0 Å². The number of amides is 2. The van der Waals surface area contributed by atoms with Crippen molar-refractivity contribution in [3.8, 4) is 11.5 Å². The van der Waals surface area contributed by atoms with Gasteiger partial charge in [0.2, 0.25) is 0 Å². The Morgan fingerprint density at radius 2 is 1.50 bits per heavy atom. The molecule has 1 aromatic rings. The highest BCUT2D eigenvalue weighted by Gasteiger charge is 2.34. The zero-order chi connectivity index (χ0) is 21.9. The molecule has 0 aliphatic heterocycles. The lowest BCUT2D eigenvalue weighted by Gasteiger charge is -2.29. The van der Waals surface area contributed by atoms with Crippen LogP contribution < -0.4 is 4.90 Å². The first-order chi connectivity index (χ1) is 12.5. The number of rotatable bonds is 1. The summed E-state index contributed by atoms with van der Waals surface area (Å²) in [5, 5.41) is 0.107. The highest BCUT2D eigenvalue weighted by molar-refractivity contribution is 6.83. The molecular weight excluding hydrogens is 396 g/mol. The Morgan fingerprint density at radius 1 is 1.04 bits per heavy atom. The van der Waals surface area contributed by atoms with Crippen LogP contribution in [0.25, 0.3) is 0 Å². The molecule has 8 heteroatoms. The molecule has 154 valence electrons. The molecule has 0 unspecified atom stereocenters. The fourth-order valence-electron chi connectivity index (χ4n) is 1.81. The summed E-state index contributed by atoms with van der Waals surface area (Å²) in [6.07, 6.45) is -0.426. The minimum Gasteiger partial charge on any atom is -0.443 e. The summed E-state index contributed by atoms with van der Waals surface area (Å²) in [4.78, 5) is 30.5. The average Bonchev–Trinajstić information content (AvgIpc) is 2.43. The van der Waals surface area contributed by atoms with E-state index in [-0.39, 0.29) is 10.7 Å². The lowest BCUT2D eigenvalue weighted by Crippen LogP contribution is -2.44. The first-order valence-electron chi connectivity index (χ1n) is 8.93. The van der Waals surface area contributed by atoms with Crippen molar-refractivity contribution in [3.05, 3.63) is 23.0 Å². The predicted molar refractivity (Wildman–Crippen MR) is 114 cm³/mol. The van der Waals surface area contributed by atoms with E-state index in [1.165, 1.54) is 12.3 Å². The summed E-state index contributed by atoms with van der Waals surface area (Å²) >= 11 is 6.25. The van der Waals surface area contributed by atoms with Crippen LogP contribution in [-0.2, 0) is 9.47 Å². The number of hydrogen-bond acceptors (Lipinski definition) is 5. The van der Waals surface area contributed by atoms with E-state index in [4.69, 9.17) is 21.1 Å². The maximum atomic E-state index is 12.8. The number of aromatic nitrogens is 1. The smallest absolute Gasteiger partial charge is 0.424 e. The molecule has 0 aromatic carbocycles. The van der Waals surface area contributed by atoms with Crippen LogP contribution in [0.3, 0.4) is 0 Å². The second-order valence-electron chi connectivity index (χ2n) is 9.32. The first-order valence-corrected chi connectivity index (χ1v) is 12.8. The van der Waals surface area contributed by atoms with Crippen molar-refractivity contribution in [2.45, 2.75) is 72.4 Å². The Morgan fingerprint density at radius 3 is 1.89 bits per heavy atom. The van der Waals surface area contributed by atoms with Crippen LogP contribution >= 0.6 is 11.6 Å². The third kappa shape index (κ3) is 8.32. The minimum absolute atomic E-state index is 0.107. The van der Waals surface area contributed by atoms with Gasteiger partial charge in [0, 0.05) is 6.20 Å². The van der Waals surface area contributed by atoms with E-state index < -0.39 is 31.5 Å². The Bertz CT molecular complexity index is 781. The summed E-state index contributed by atoms with van der Waals surface area (Å²) in [6, 6.07) is 1.49. The van der Waals surface area contributed by atoms with Crippen LogP contribution in [-0.4, -0.2) is 36.4 Å². The topological polar surface area (TPSA) is 68.7 Å². The highest BCUT2D eigenvalue weighted by atomic mass is 35.5. The molecule has 0 saturated heterocycles. The molecule has 0 N–H and O–H groups in total. The molecular formula is C20H29ClN2O4Si. The van der Waals surface area contributed by atoms with Crippen LogP contribution in [0.4, 0.5) is 15.3 Å². The number of imide groups is 1. The Kier molecular flexibility index (Phi) is 7.32. The Balaban J connectivity index is 3.45. The standard InChI is InChI=1S/C20H29ClN2O4Si/c1-19(2,3)26-17(24)23(18(25)27-20(4,5)6)16-12-14(22-13-15(16)21)10-11-28(7,8)9/h12-13H,1-9H3. The fraction of sp³-hybridized carbons (Fsp3) is 0.550. The van der Waals surface area contributed by atoms with E-state index in [1.54, 1.807) is 41.5 Å². The molecule has 28 heavy (non-hydrogen) atoms. The highest BCUT2D eigenvalue weighted by Crippen LogP contribution is 2.29. The van der Waals surface area contributed by atoms with E-state index >= 15 is 0 Å². The average molecular weight is 425 g/mol. The minimum atomic E-state index is -1.64. The quantitative estimate of drug-likeness (QED) is 0.431. The molecule has 0 aliphatic carbocycles. The lowest BCUT2D eigenvalue weighted by molar-refractivity contribution is 0.0430. The van der Waals surface area contributed by atoms with Gasteiger partial charge in [-0.1, -0.05) is 37.2 Å². The van der Waals surface area contributed by atoms with Crippen molar-refractivity contribution in [1.82, 2.24) is 4.98 Å². The molecule has 1 aromatic heterocycles. The zero-order valence-electron chi connectivity index (χ0n) is 18.1. The van der Waals surface area contributed by atoms with Crippen LogP contribution in [0.5, 0.6) is 0 Å². The van der Waals surface area contributed by atoms with Crippen molar-refractivity contribution in [3.63, 3.8) is 0 Å². The zero-order valence-corrected chi connectivity index (χ0v) is 19.8.